The third kappa shape index (κ3) is 2.95. The number of pyridine rings is 1. The molecule has 1 N–H and O–H groups in total. The number of fused-ring (bicyclic) bond motifs is 1. The van der Waals surface area contributed by atoms with Crippen molar-refractivity contribution in [3.05, 3.63) is 36.7 Å². The normalized spacial score (nSPS) is 13.0. The van der Waals surface area contributed by atoms with E-state index in [1.54, 1.807) is 30.6 Å². The molecule has 1 heterocycles. The van der Waals surface area contributed by atoms with Crippen LogP contribution in [-0.2, 0) is 10.0 Å². The van der Waals surface area contributed by atoms with Gasteiger partial charge in [0.1, 0.15) is 6.04 Å². The fraction of sp³-hybridized carbons (Fsp3) is 0.286. The third-order valence-corrected chi connectivity index (χ3v) is 4.49. The summed E-state index contributed by atoms with van der Waals surface area (Å²) in [6.07, 6.45) is 4.39. The monoisotopic (exact) mass is 289 g/mol. The molecule has 0 saturated heterocycles. The third-order valence-electron chi connectivity index (χ3n) is 2.96. The Hall–Kier alpha value is -1.97. The number of benzene rings is 1. The van der Waals surface area contributed by atoms with Crippen LogP contribution < -0.4 is 4.72 Å². The Bertz CT molecular complexity index is 745. The number of hydrogen-bond donors (Lipinski definition) is 1. The maximum atomic E-state index is 12.4. The zero-order chi connectivity index (χ0) is 14.6. The van der Waals surface area contributed by atoms with Gasteiger partial charge in [0.15, 0.2) is 0 Å². The van der Waals surface area contributed by atoms with Crippen LogP contribution in [0.3, 0.4) is 0 Å². The second-order valence-electron chi connectivity index (χ2n) is 4.44. The van der Waals surface area contributed by atoms with Crippen LogP contribution >= 0.6 is 0 Å². The van der Waals surface area contributed by atoms with Gasteiger partial charge in [0.05, 0.1) is 11.0 Å². The van der Waals surface area contributed by atoms with Gasteiger partial charge < -0.3 is 0 Å². The van der Waals surface area contributed by atoms with Crippen LogP contribution in [0.25, 0.3) is 10.8 Å². The van der Waals surface area contributed by atoms with Crippen molar-refractivity contribution >= 4 is 20.8 Å². The smallest absolute Gasteiger partial charge is 0.242 e. The molecular formula is C14H15N3O2S. The van der Waals surface area contributed by atoms with Gasteiger partial charge in [-0.25, -0.2) is 8.42 Å². The lowest BCUT2D eigenvalue weighted by Crippen LogP contribution is -2.33. The highest BCUT2D eigenvalue weighted by atomic mass is 32.2. The molecule has 0 amide bonds. The Balaban J connectivity index is 2.45. The van der Waals surface area contributed by atoms with Gasteiger partial charge in [-0.05, 0) is 18.6 Å². The average molecular weight is 289 g/mol. The molecule has 20 heavy (non-hydrogen) atoms. The quantitative estimate of drug-likeness (QED) is 0.914. The van der Waals surface area contributed by atoms with E-state index in [1.165, 1.54) is 6.07 Å². The second kappa shape index (κ2) is 5.99. The number of hydrogen-bond acceptors (Lipinski definition) is 4. The predicted octanol–water partition coefficient (Wildman–Crippen LogP) is 2.21. The minimum absolute atomic E-state index is 0.175. The number of aromatic nitrogens is 1. The summed E-state index contributed by atoms with van der Waals surface area (Å²) in [4.78, 5) is 4.15. The van der Waals surface area contributed by atoms with Crippen LogP contribution in [0.4, 0.5) is 0 Å². The standard InChI is InChI=1S/C14H15N3O2S/c1-2-4-12(9-15)17-20(18,19)14-6-3-5-11-10-16-8-7-13(11)14/h3,5-8,10,12,17H,2,4H2,1H3. The van der Waals surface area contributed by atoms with Crippen molar-refractivity contribution < 1.29 is 8.42 Å². The first-order valence-corrected chi connectivity index (χ1v) is 7.81. The van der Waals surface area contributed by atoms with E-state index in [9.17, 15) is 8.42 Å². The SMILES string of the molecule is CCCC(C#N)NS(=O)(=O)c1cccc2cnccc12. The van der Waals surface area contributed by atoms with Crippen LogP contribution in [0.5, 0.6) is 0 Å². The summed E-state index contributed by atoms with van der Waals surface area (Å²) in [6.45, 7) is 1.90. The Morgan fingerprint density at radius 3 is 2.90 bits per heavy atom. The van der Waals surface area contributed by atoms with E-state index in [0.717, 1.165) is 11.8 Å². The number of nitrogens with one attached hydrogen (secondary N) is 1. The first kappa shape index (κ1) is 14.4. The number of rotatable bonds is 5. The van der Waals surface area contributed by atoms with Crippen molar-refractivity contribution in [2.75, 3.05) is 0 Å². The van der Waals surface area contributed by atoms with E-state index >= 15 is 0 Å². The number of nitriles is 1. The van der Waals surface area contributed by atoms with E-state index in [2.05, 4.69) is 9.71 Å². The zero-order valence-corrected chi connectivity index (χ0v) is 11.9. The molecule has 0 radical (unpaired) electrons. The fourth-order valence-corrected chi connectivity index (χ4v) is 3.42. The lowest BCUT2D eigenvalue weighted by atomic mass is 10.2. The lowest BCUT2D eigenvalue weighted by Gasteiger charge is -2.12. The number of sulfonamides is 1. The molecule has 0 aliphatic heterocycles. The molecule has 1 aromatic carbocycles. The topological polar surface area (TPSA) is 82.9 Å². The molecule has 0 saturated carbocycles. The van der Waals surface area contributed by atoms with Gasteiger partial charge in [-0.2, -0.15) is 9.98 Å². The Kier molecular flexibility index (Phi) is 4.32. The van der Waals surface area contributed by atoms with Crippen LogP contribution in [0, 0.1) is 11.3 Å². The molecule has 1 unspecified atom stereocenters. The van der Waals surface area contributed by atoms with Crippen LogP contribution in [-0.4, -0.2) is 19.4 Å². The highest BCUT2D eigenvalue weighted by molar-refractivity contribution is 7.89. The van der Waals surface area contributed by atoms with Crippen molar-refractivity contribution in [2.24, 2.45) is 0 Å². The van der Waals surface area contributed by atoms with E-state index in [-0.39, 0.29) is 4.90 Å². The van der Waals surface area contributed by atoms with Gasteiger partial charge in [-0.3, -0.25) is 4.98 Å². The van der Waals surface area contributed by atoms with Gasteiger partial charge in [0, 0.05) is 23.2 Å². The predicted molar refractivity (Wildman–Crippen MR) is 76.4 cm³/mol. The molecule has 5 nitrogen and oxygen atoms in total. The maximum Gasteiger partial charge on any atom is 0.242 e. The van der Waals surface area contributed by atoms with Crippen molar-refractivity contribution in [1.29, 1.82) is 5.26 Å². The van der Waals surface area contributed by atoms with Crippen molar-refractivity contribution in [2.45, 2.75) is 30.7 Å². The molecule has 0 aliphatic carbocycles. The van der Waals surface area contributed by atoms with Crippen molar-refractivity contribution in [1.82, 2.24) is 9.71 Å². The van der Waals surface area contributed by atoms with Crippen LogP contribution in [0.15, 0.2) is 41.6 Å². The average Bonchev–Trinajstić information content (AvgIpc) is 2.46. The molecule has 1 aromatic heterocycles. The molecule has 2 rings (SSSR count). The fourth-order valence-electron chi connectivity index (χ4n) is 2.02. The molecule has 0 spiro atoms. The summed E-state index contributed by atoms with van der Waals surface area (Å²) in [5.74, 6) is 0. The summed E-state index contributed by atoms with van der Waals surface area (Å²) in [5, 5.41) is 10.3. The summed E-state index contributed by atoms with van der Waals surface area (Å²) in [7, 11) is -3.72. The van der Waals surface area contributed by atoms with Crippen molar-refractivity contribution in [3.8, 4) is 6.07 Å². The largest absolute Gasteiger partial charge is 0.264 e. The van der Waals surface area contributed by atoms with Gasteiger partial charge >= 0.3 is 0 Å². The highest BCUT2D eigenvalue weighted by Gasteiger charge is 2.21. The van der Waals surface area contributed by atoms with Crippen molar-refractivity contribution in [3.63, 3.8) is 0 Å². The van der Waals surface area contributed by atoms with Gasteiger partial charge in [0.25, 0.3) is 0 Å². The summed E-state index contributed by atoms with van der Waals surface area (Å²) in [6, 6.07) is 7.93. The number of nitrogens with zero attached hydrogens (tertiary/aromatic N) is 2. The highest BCUT2D eigenvalue weighted by Crippen LogP contribution is 2.22. The van der Waals surface area contributed by atoms with E-state index in [4.69, 9.17) is 5.26 Å². The Labute approximate surface area is 118 Å². The minimum atomic E-state index is -3.72. The summed E-state index contributed by atoms with van der Waals surface area (Å²) in [5.41, 5.74) is 0. The van der Waals surface area contributed by atoms with Crippen LogP contribution in [0.2, 0.25) is 0 Å². The molecule has 1 atom stereocenters. The molecule has 6 heteroatoms. The Morgan fingerprint density at radius 2 is 2.20 bits per heavy atom. The first-order valence-electron chi connectivity index (χ1n) is 6.33. The zero-order valence-electron chi connectivity index (χ0n) is 11.1. The Morgan fingerprint density at radius 1 is 1.40 bits per heavy atom. The van der Waals surface area contributed by atoms with E-state index in [0.29, 0.717) is 11.8 Å². The van der Waals surface area contributed by atoms with Gasteiger partial charge in [-0.1, -0.05) is 25.5 Å². The summed E-state index contributed by atoms with van der Waals surface area (Å²) >= 11 is 0. The van der Waals surface area contributed by atoms with Gasteiger partial charge in [0.2, 0.25) is 10.0 Å². The maximum absolute atomic E-state index is 12.4. The molecule has 0 bridgehead atoms. The first-order chi connectivity index (χ1) is 9.58. The molecule has 0 fully saturated rings. The molecule has 104 valence electrons. The minimum Gasteiger partial charge on any atom is -0.264 e. The summed E-state index contributed by atoms with van der Waals surface area (Å²) < 4.78 is 27.3. The molecule has 2 aromatic rings. The van der Waals surface area contributed by atoms with E-state index < -0.39 is 16.1 Å². The second-order valence-corrected chi connectivity index (χ2v) is 6.13. The molecule has 0 aliphatic rings. The van der Waals surface area contributed by atoms with E-state index in [1.807, 2.05) is 13.0 Å². The molecular weight excluding hydrogens is 274 g/mol. The lowest BCUT2D eigenvalue weighted by molar-refractivity contribution is 0.564. The van der Waals surface area contributed by atoms with Crippen LogP contribution in [0.1, 0.15) is 19.8 Å². The van der Waals surface area contributed by atoms with Gasteiger partial charge in [-0.15, -0.1) is 0 Å².